The number of piperidine rings is 1. The van der Waals surface area contributed by atoms with E-state index in [1.54, 1.807) is 0 Å². The predicted octanol–water partition coefficient (Wildman–Crippen LogP) is 2.58. The largest absolute Gasteiger partial charge is 0.376 e. The maximum Gasteiger partial charge on any atom is 0.251 e. The molecular formula is C18H26N2O2. The Morgan fingerprint density at radius 3 is 2.59 bits per heavy atom. The topological polar surface area (TPSA) is 41.6 Å². The minimum absolute atomic E-state index is 0.0000208. The number of rotatable bonds is 5. The summed E-state index contributed by atoms with van der Waals surface area (Å²) in [7, 11) is 0. The quantitative estimate of drug-likeness (QED) is 0.909. The van der Waals surface area contributed by atoms with Gasteiger partial charge in [-0.25, -0.2) is 0 Å². The van der Waals surface area contributed by atoms with E-state index in [4.69, 9.17) is 4.74 Å². The first-order valence-corrected chi connectivity index (χ1v) is 8.52. The van der Waals surface area contributed by atoms with Crippen LogP contribution in [0.2, 0.25) is 0 Å². The van der Waals surface area contributed by atoms with E-state index in [2.05, 4.69) is 22.3 Å². The van der Waals surface area contributed by atoms with Gasteiger partial charge in [-0.1, -0.05) is 18.6 Å². The summed E-state index contributed by atoms with van der Waals surface area (Å²) < 4.78 is 5.52. The van der Waals surface area contributed by atoms with Crippen molar-refractivity contribution in [3.63, 3.8) is 0 Å². The fourth-order valence-corrected chi connectivity index (χ4v) is 3.25. The van der Waals surface area contributed by atoms with Crippen molar-refractivity contribution < 1.29 is 9.53 Å². The lowest BCUT2D eigenvalue weighted by Crippen LogP contribution is -2.31. The SMILES string of the molecule is O=C(NCC1CCCO1)c1ccc(CN2CCCCC2)cc1. The van der Waals surface area contributed by atoms with E-state index in [0.717, 1.165) is 31.6 Å². The van der Waals surface area contributed by atoms with Gasteiger partial charge < -0.3 is 10.1 Å². The van der Waals surface area contributed by atoms with Crippen molar-refractivity contribution in [2.75, 3.05) is 26.2 Å². The number of hydrogen-bond acceptors (Lipinski definition) is 3. The van der Waals surface area contributed by atoms with Crippen LogP contribution in [-0.4, -0.2) is 43.2 Å². The van der Waals surface area contributed by atoms with Gasteiger partial charge in [0.15, 0.2) is 0 Å². The predicted molar refractivity (Wildman–Crippen MR) is 86.9 cm³/mol. The molecule has 2 heterocycles. The molecule has 1 atom stereocenters. The Balaban J connectivity index is 1.48. The highest BCUT2D eigenvalue weighted by atomic mass is 16.5. The molecule has 0 aliphatic carbocycles. The smallest absolute Gasteiger partial charge is 0.251 e. The summed E-state index contributed by atoms with van der Waals surface area (Å²) in [6.07, 6.45) is 6.33. The van der Waals surface area contributed by atoms with Crippen molar-refractivity contribution in [2.45, 2.75) is 44.8 Å². The van der Waals surface area contributed by atoms with Crippen LogP contribution < -0.4 is 5.32 Å². The number of benzene rings is 1. The van der Waals surface area contributed by atoms with Crippen LogP contribution in [-0.2, 0) is 11.3 Å². The minimum Gasteiger partial charge on any atom is -0.376 e. The first-order valence-electron chi connectivity index (χ1n) is 8.52. The third kappa shape index (κ3) is 4.31. The van der Waals surface area contributed by atoms with E-state index in [9.17, 15) is 4.79 Å². The van der Waals surface area contributed by atoms with Crippen molar-refractivity contribution >= 4 is 5.91 Å². The van der Waals surface area contributed by atoms with E-state index in [0.29, 0.717) is 6.54 Å². The average molecular weight is 302 g/mol. The van der Waals surface area contributed by atoms with Crippen molar-refractivity contribution in [1.29, 1.82) is 0 Å². The number of amides is 1. The van der Waals surface area contributed by atoms with Crippen molar-refractivity contribution in [2.24, 2.45) is 0 Å². The molecule has 1 aromatic carbocycles. The number of likely N-dealkylation sites (tertiary alicyclic amines) is 1. The summed E-state index contributed by atoms with van der Waals surface area (Å²) >= 11 is 0. The highest BCUT2D eigenvalue weighted by molar-refractivity contribution is 5.94. The Morgan fingerprint density at radius 2 is 1.91 bits per heavy atom. The molecule has 0 bridgehead atoms. The Kier molecular flexibility index (Phi) is 5.46. The molecule has 2 aliphatic heterocycles. The van der Waals surface area contributed by atoms with Crippen LogP contribution in [0.5, 0.6) is 0 Å². The zero-order valence-corrected chi connectivity index (χ0v) is 13.2. The summed E-state index contributed by atoms with van der Waals surface area (Å²) in [5, 5.41) is 2.97. The van der Waals surface area contributed by atoms with E-state index in [-0.39, 0.29) is 12.0 Å². The Bertz CT molecular complexity index is 474. The van der Waals surface area contributed by atoms with Gasteiger partial charge in [0.1, 0.15) is 0 Å². The molecule has 120 valence electrons. The second-order valence-electron chi connectivity index (χ2n) is 6.38. The number of hydrogen-bond donors (Lipinski definition) is 1. The van der Waals surface area contributed by atoms with E-state index in [1.165, 1.54) is 37.9 Å². The molecule has 4 heteroatoms. The number of carbonyl (C=O) groups is 1. The molecule has 0 saturated carbocycles. The third-order valence-electron chi connectivity index (χ3n) is 4.59. The Morgan fingerprint density at radius 1 is 1.14 bits per heavy atom. The number of carbonyl (C=O) groups excluding carboxylic acids is 1. The van der Waals surface area contributed by atoms with Crippen molar-refractivity contribution in [1.82, 2.24) is 10.2 Å². The molecule has 1 aromatic rings. The molecular weight excluding hydrogens is 276 g/mol. The van der Waals surface area contributed by atoms with Crippen LogP contribution in [0.4, 0.5) is 0 Å². The molecule has 22 heavy (non-hydrogen) atoms. The lowest BCUT2D eigenvalue weighted by Gasteiger charge is -2.26. The maximum atomic E-state index is 12.1. The summed E-state index contributed by atoms with van der Waals surface area (Å²) in [6, 6.07) is 8.03. The minimum atomic E-state index is 0.0000208. The molecule has 1 N–H and O–H groups in total. The first kappa shape index (κ1) is 15.5. The van der Waals surface area contributed by atoms with Gasteiger partial charge in [0.25, 0.3) is 5.91 Å². The number of nitrogens with one attached hydrogen (secondary N) is 1. The van der Waals surface area contributed by atoms with E-state index >= 15 is 0 Å². The van der Waals surface area contributed by atoms with Gasteiger partial charge in [-0.05, 0) is 56.5 Å². The van der Waals surface area contributed by atoms with Gasteiger partial charge in [-0.15, -0.1) is 0 Å². The maximum absolute atomic E-state index is 12.1. The summed E-state index contributed by atoms with van der Waals surface area (Å²) in [4.78, 5) is 14.6. The van der Waals surface area contributed by atoms with Crippen LogP contribution in [0.25, 0.3) is 0 Å². The first-order chi connectivity index (χ1) is 10.8. The molecule has 2 aliphatic rings. The van der Waals surface area contributed by atoms with Gasteiger partial charge >= 0.3 is 0 Å². The van der Waals surface area contributed by atoms with Crippen LogP contribution in [0.3, 0.4) is 0 Å². The fraction of sp³-hybridized carbons (Fsp3) is 0.611. The highest BCUT2D eigenvalue weighted by Gasteiger charge is 2.16. The highest BCUT2D eigenvalue weighted by Crippen LogP contribution is 2.14. The molecule has 3 rings (SSSR count). The van der Waals surface area contributed by atoms with Gasteiger partial charge in [0.05, 0.1) is 6.10 Å². The molecule has 0 spiro atoms. The second-order valence-corrected chi connectivity index (χ2v) is 6.38. The molecule has 1 unspecified atom stereocenters. The van der Waals surface area contributed by atoms with E-state index in [1.807, 2.05) is 12.1 Å². The summed E-state index contributed by atoms with van der Waals surface area (Å²) in [5.74, 6) is 0.0000208. The van der Waals surface area contributed by atoms with Crippen LogP contribution in [0.15, 0.2) is 24.3 Å². The van der Waals surface area contributed by atoms with Crippen LogP contribution >= 0.6 is 0 Å². The zero-order valence-electron chi connectivity index (χ0n) is 13.2. The third-order valence-corrected chi connectivity index (χ3v) is 4.59. The monoisotopic (exact) mass is 302 g/mol. The van der Waals surface area contributed by atoms with Crippen LogP contribution in [0, 0.1) is 0 Å². The fourth-order valence-electron chi connectivity index (χ4n) is 3.25. The van der Waals surface area contributed by atoms with Crippen molar-refractivity contribution in [3.8, 4) is 0 Å². The van der Waals surface area contributed by atoms with Gasteiger partial charge in [-0.3, -0.25) is 9.69 Å². The molecule has 0 aromatic heterocycles. The molecule has 2 fully saturated rings. The van der Waals surface area contributed by atoms with Gasteiger partial charge in [0.2, 0.25) is 0 Å². The van der Waals surface area contributed by atoms with Gasteiger partial charge in [-0.2, -0.15) is 0 Å². The Labute approximate surface area is 132 Å². The lowest BCUT2D eigenvalue weighted by molar-refractivity contribution is 0.0858. The van der Waals surface area contributed by atoms with Crippen LogP contribution in [0.1, 0.15) is 48.0 Å². The normalized spacial score (nSPS) is 22.6. The molecule has 4 nitrogen and oxygen atoms in total. The number of ether oxygens (including phenoxy) is 1. The zero-order chi connectivity index (χ0) is 15.2. The number of nitrogens with zero attached hydrogens (tertiary/aromatic N) is 1. The standard InChI is InChI=1S/C18H26N2O2/c21-18(19-13-17-5-4-12-22-17)16-8-6-15(7-9-16)14-20-10-2-1-3-11-20/h6-9,17H,1-5,10-14H2,(H,19,21). The lowest BCUT2D eigenvalue weighted by atomic mass is 10.1. The average Bonchev–Trinajstić information content (AvgIpc) is 3.08. The molecule has 2 saturated heterocycles. The summed E-state index contributed by atoms with van der Waals surface area (Å²) in [6.45, 7) is 4.84. The summed E-state index contributed by atoms with van der Waals surface area (Å²) in [5.41, 5.74) is 2.03. The molecule has 0 radical (unpaired) electrons. The second kappa shape index (κ2) is 7.75. The van der Waals surface area contributed by atoms with Gasteiger partial charge in [0, 0.05) is 25.3 Å². The molecule has 1 amide bonds. The van der Waals surface area contributed by atoms with E-state index < -0.39 is 0 Å². The Hall–Kier alpha value is -1.39. The van der Waals surface area contributed by atoms with Crippen molar-refractivity contribution in [3.05, 3.63) is 35.4 Å².